The van der Waals surface area contributed by atoms with Gasteiger partial charge in [0.05, 0.1) is 19.8 Å². The summed E-state index contributed by atoms with van der Waals surface area (Å²) >= 11 is 0. The van der Waals surface area contributed by atoms with Crippen LogP contribution in [0.3, 0.4) is 0 Å². The molecular weight excluding hydrogens is 366 g/mol. The van der Waals surface area contributed by atoms with E-state index < -0.39 is 23.1 Å². The predicted molar refractivity (Wildman–Crippen MR) is 99.4 cm³/mol. The van der Waals surface area contributed by atoms with E-state index in [4.69, 9.17) is 9.47 Å². The summed E-state index contributed by atoms with van der Waals surface area (Å²) in [5.74, 6) is -2.00. The Morgan fingerprint density at radius 2 is 2.04 bits per heavy atom. The van der Waals surface area contributed by atoms with Gasteiger partial charge in [-0.05, 0) is 18.2 Å². The number of carbonyl (C=O) groups excluding carboxylic acids is 3. The SMILES string of the molecule is COCC1(NC(=O)C(=O)c2cc(C(=O)Nc3cccc(O)c3)n(C)c2)COC1. The van der Waals surface area contributed by atoms with Gasteiger partial charge in [-0.15, -0.1) is 0 Å². The van der Waals surface area contributed by atoms with Gasteiger partial charge >= 0.3 is 0 Å². The number of amides is 2. The predicted octanol–water partition coefficient (Wildman–Crippen LogP) is 0.697. The van der Waals surface area contributed by atoms with Crippen LogP contribution in [0, 0.1) is 0 Å². The maximum absolute atomic E-state index is 12.5. The van der Waals surface area contributed by atoms with Crippen LogP contribution in [0.5, 0.6) is 5.75 Å². The van der Waals surface area contributed by atoms with Gasteiger partial charge in [0.1, 0.15) is 17.0 Å². The standard InChI is InChI=1S/C19H21N3O6/c1-22-8-12(16(24)18(26)21-19(9-27-2)10-28-11-19)6-15(22)17(25)20-13-4-3-5-14(23)7-13/h3-8,23H,9-11H2,1-2H3,(H,20,25)(H,21,26). The molecule has 0 bridgehead atoms. The third kappa shape index (κ3) is 4.05. The van der Waals surface area contributed by atoms with Crippen molar-refractivity contribution in [2.45, 2.75) is 5.54 Å². The van der Waals surface area contributed by atoms with Crippen LogP contribution in [0.2, 0.25) is 0 Å². The molecular formula is C19H21N3O6. The third-order valence-electron chi connectivity index (χ3n) is 4.37. The minimum absolute atomic E-state index is 0.0159. The second-order valence-corrected chi connectivity index (χ2v) is 6.72. The molecule has 0 atom stereocenters. The van der Waals surface area contributed by atoms with Gasteiger partial charge in [0.15, 0.2) is 0 Å². The molecule has 1 aliphatic heterocycles. The smallest absolute Gasteiger partial charge is 0.293 e. The number of methoxy groups -OCH3 is 1. The summed E-state index contributed by atoms with van der Waals surface area (Å²) in [6.45, 7) is 0.775. The number of ether oxygens (including phenoxy) is 2. The van der Waals surface area contributed by atoms with Crippen molar-refractivity contribution in [3.05, 3.63) is 47.8 Å². The molecule has 148 valence electrons. The molecule has 2 amide bonds. The Bertz CT molecular complexity index is 916. The minimum Gasteiger partial charge on any atom is -0.508 e. The zero-order valence-corrected chi connectivity index (χ0v) is 15.5. The second kappa shape index (κ2) is 7.83. The number of anilines is 1. The number of phenolic OH excluding ortho intramolecular Hbond substituents is 1. The van der Waals surface area contributed by atoms with Gasteiger partial charge in [-0.1, -0.05) is 6.07 Å². The fourth-order valence-corrected chi connectivity index (χ4v) is 2.94. The summed E-state index contributed by atoms with van der Waals surface area (Å²) < 4.78 is 11.6. The lowest BCUT2D eigenvalue weighted by atomic mass is 9.98. The first-order valence-electron chi connectivity index (χ1n) is 8.54. The van der Waals surface area contributed by atoms with Crippen LogP contribution in [0.25, 0.3) is 0 Å². The fourth-order valence-electron chi connectivity index (χ4n) is 2.94. The van der Waals surface area contributed by atoms with E-state index in [0.29, 0.717) is 5.69 Å². The van der Waals surface area contributed by atoms with Gasteiger partial charge in [-0.3, -0.25) is 14.4 Å². The Labute approximate surface area is 161 Å². The summed E-state index contributed by atoms with van der Waals surface area (Å²) in [6.07, 6.45) is 1.42. The number of aromatic nitrogens is 1. The van der Waals surface area contributed by atoms with Gasteiger partial charge < -0.3 is 29.8 Å². The van der Waals surface area contributed by atoms with E-state index in [-0.39, 0.29) is 36.8 Å². The maximum Gasteiger partial charge on any atom is 0.293 e. The Hall–Kier alpha value is -3.17. The van der Waals surface area contributed by atoms with Crippen molar-refractivity contribution in [3.8, 4) is 5.75 Å². The van der Waals surface area contributed by atoms with E-state index in [2.05, 4.69) is 10.6 Å². The number of nitrogens with one attached hydrogen (secondary N) is 2. The van der Waals surface area contributed by atoms with Crippen molar-refractivity contribution < 1.29 is 29.0 Å². The summed E-state index contributed by atoms with van der Waals surface area (Å²) in [5, 5.41) is 14.8. The first-order chi connectivity index (χ1) is 13.3. The molecule has 3 rings (SSSR count). The van der Waals surface area contributed by atoms with Crippen molar-refractivity contribution in [3.63, 3.8) is 0 Å². The summed E-state index contributed by atoms with van der Waals surface area (Å²) in [4.78, 5) is 37.3. The molecule has 0 aliphatic carbocycles. The number of aromatic hydroxyl groups is 1. The van der Waals surface area contributed by atoms with Crippen LogP contribution >= 0.6 is 0 Å². The number of Topliss-reactive ketones (excluding diaryl/α,β-unsaturated/α-hetero) is 1. The van der Waals surface area contributed by atoms with E-state index in [1.165, 1.54) is 36.1 Å². The van der Waals surface area contributed by atoms with Crippen LogP contribution in [-0.2, 0) is 21.3 Å². The van der Waals surface area contributed by atoms with Gasteiger partial charge in [0, 0.05) is 37.7 Å². The molecule has 9 nitrogen and oxygen atoms in total. The second-order valence-electron chi connectivity index (χ2n) is 6.72. The Morgan fingerprint density at radius 3 is 2.64 bits per heavy atom. The van der Waals surface area contributed by atoms with Gasteiger partial charge in [0.2, 0.25) is 0 Å². The molecule has 28 heavy (non-hydrogen) atoms. The zero-order chi connectivity index (χ0) is 20.3. The summed E-state index contributed by atoms with van der Waals surface area (Å²) in [5.41, 5.74) is -0.0125. The lowest BCUT2D eigenvalue weighted by Gasteiger charge is -2.41. The van der Waals surface area contributed by atoms with Gasteiger partial charge in [0.25, 0.3) is 17.6 Å². The molecule has 1 aromatic carbocycles. The number of rotatable bonds is 7. The molecule has 3 N–H and O–H groups in total. The van der Waals surface area contributed by atoms with Crippen LogP contribution in [0.4, 0.5) is 5.69 Å². The number of hydrogen-bond donors (Lipinski definition) is 3. The maximum atomic E-state index is 12.5. The Kier molecular flexibility index (Phi) is 5.48. The van der Waals surface area contributed by atoms with Crippen LogP contribution < -0.4 is 10.6 Å². The molecule has 0 saturated carbocycles. The highest BCUT2D eigenvalue weighted by Gasteiger charge is 2.41. The number of benzene rings is 1. The van der Waals surface area contributed by atoms with Crippen molar-refractivity contribution in [2.24, 2.45) is 7.05 Å². The lowest BCUT2D eigenvalue weighted by Crippen LogP contribution is -2.65. The molecule has 1 aliphatic rings. The molecule has 0 spiro atoms. The Balaban J connectivity index is 1.71. The quantitative estimate of drug-likeness (QED) is 0.475. The monoisotopic (exact) mass is 387 g/mol. The van der Waals surface area contributed by atoms with E-state index in [0.717, 1.165) is 0 Å². The summed E-state index contributed by atoms with van der Waals surface area (Å²) in [6, 6.07) is 7.44. The first-order valence-corrected chi connectivity index (χ1v) is 8.54. The Morgan fingerprint density at radius 1 is 1.29 bits per heavy atom. The molecule has 0 unspecified atom stereocenters. The zero-order valence-electron chi connectivity index (χ0n) is 15.5. The largest absolute Gasteiger partial charge is 0.508 e. The van der Waals surface area contributed by atoms with Gasteiger partial charge in [-0.2, -0.15) is 0 Å². The highest BCUT2D eigenvalue weighted by molar-refractivity contribution is 6.43. The average Bonchev–Trinajstić information content (AvgIpc) is 3.01. The van der Waals surface area contributed by atoms with E-state index in [1.54, 1.807) is 19.2 Å². The number of nitrogens with zero attached hydrogens (tertiary/aromatic N) is 1. The van der Waals surface area contributed by atoms with E-state index >= 15 is 0 Å². The molecule has 2 aromatic rings. The van der Waals surface area contributed by atoms with Crippen LogP contribution in [0.15, 0.2) is 36.5 Å². The molecule has 1 saturated heterocycles. The number of carbonyl (C=O) groups is 3. The van der Waals surface area contributed by atoms with Crippen molar-refractivity contribution >= 4 is 23.3 Å². The van der Waals surface area contributed by atoms with Crippen molar-refractivity contribution in [1.29, 1.82) is 0 Å². The minimum atomic E-state index is -0.786. The third-order valence-corrected chi connectivity index (χ3v) is 4.37. The molecule has 2 heterocycles. The summed E-state index contributed by atoms with van der Waals surface area (Å²) in [7, 11) is 3.10. The lowest BCUT2D eigenvalue weighted by molar-refractivity contribution is -0.135. The highest BCUT2D eigenvalue weighted by atomic mass is 16.5. The van der Waals surface area contributed by atoms with Crippen molar-refractivity contribution in [2.75, 3.05) is 32.2 Å². The molecule has 1 aromatic heterocycles. The number of hydrogen-bond acceptors (Lipinski definition) is 6. The topological polar surface area (TPSA) is 119 Å². The van der Waals surface area contributed by atoms with E-state index in [9.17, 15) is 19.5 Å². The molecule has 0 radical (unpaired) electrons. The molecule has 9 heteroatoms. The molecule has 1 fully saturated rings. The van der Waals surface area contributed by atoms with E-state index in [1.807, 2.05) is 0 Å². The average molecular weight is 387 g/mol. The first kappa shape index (κ1) is 19.6. The highest BCUT2D eigenvalue weighted by Crippen LogP contribution is 2.19. The number of ketones is 1. The van der Waals surface area contributed by atoms with Crippen molar-refractivity contribution in [1.82, 2.24) is 9.88 Å². The van der Waals surface area contributed by atoms with Crippen LogP contribution in [-0.4, -0.2) is 59.7 Å². The fraction of sp³-hybridized carbons (Fsp3) is 0.316. The van der Waals surface area contributed by atoms with Gasteiger partial charge in [-0.25, -0.2) is 0 Å². The number of aryl methyl sites for hydroxylation is 1. The number of phenols is 1. The normalized spacial score (nSPS) is 14.8. The van der Waals surface area contributed by atoms with Crippen LogP contribution in [0.1, 0.15) is 20.8 Å².